The molecule has 1 atom stereocenters. The maximum absolute atomic E-state index is 13.2. The van der Waals surface area contributed by atoms with Crippen molar-refractivity contribution in [2.45, 2.75) is 46.2 Å². The molecule has 3 rings (SSSR count). The maximum atomic E-state index is 13.2. The first-order chi connectivity index (χ1) is 14.8. The molecule has 7 heteroatoms. The summed E-state index contributed by atoms with van der Waals surface area (Å²) in [6, 6.07) is 12.3. The summed E-state index contributed by atoms with van der Waals surface area (Å²) in [7, 11) is 1.51. The van der Waals surface area contributed by atoms with Crippen molar-refractivity contribution in [3.8, 4) is 5.75 Å². The van der Waals surface area contributed by atoms with E-state index in [4.69, 9.17) is 4.74 Å². The van der Waals surface area contributed by atoms with Crippen LogP contribution in [0, 0.1) is 5.92 Å². The summed E-state index contributed by atoms with van der Waals surface area (Å²) in [5.74, 6) is 0.170. The molecule has 3 amide bonds. The standard InChI is InChI=1S/C24H29N3O4/c1-15(2)11-23(29)27-14-18-8-6-5-7-17(18)12-21(27)24(30)26-19-9-10-22(31-4)20(13-19)25-16(3)28/h5-10,13,15,21H,11-12,14H2,1-4H3,(H,25,28)(H,26,30). The van der Waals surface area contributed by atoms with Crippen LogP contribution >= 0.6 is 0 Å². The smallest absolute Gasteiger partial charge is 0.247 e. The Morgan fingerprint density at radius 3 is 2.45 bits per heavy atom. The van der Waals surface area contributed by atoms with Crippen LogP contribution in [0.4, 0.5) is 11.4 Å². The first-order valence-corrected chi connectivity index (χ1v) is 10.4. The number of hydrogen-bond donors (Lipinski definition) is 2. The second-order valence-electron chi connectivity index (χ2n) is 8.19. The van der Waals surface area contributed by atoms with Crippen molar-refractivity contribution >= 4 is 29.1 Å². The van der Waals surface area contributed by atoms with E-state index in [1.165, 1.54) is 14.0 Å². The zero-order valence-corrected chi connectivity index (χ0v) is 18.4. The van der Waals surface area contributed by atoms with E-state index in [1.807, 2.05) is 38.1 Å². The Morgan fingerprint density at radius 2 is 1.81 bits per heavy atom. The van der Waals surface area contributed by atoms with Crippen LogP contribution in [0.5, 0.6) is 5.75 Å². The molecule has 2 N–H and O–H groups in total. The molecule has 0 aliphatic carbocycles. The summed E-state index contributed by atoms with van der Waals surface area (Å²) < 4.78 is 5.27. The highest BCUT2D eigenvalue weighted by molar-refractivity contribution is 5.99. The lowest BCUT2D eigenvalue weighted by Crippen LogP contribution is -2.50. The average Bonchev–Trinajstić information content (AvgIpc) is 2.72. The number of ether oxygens (including phenoxy) is 1. The van der Waals surface area contributed by atoms with Crippen LogP contribution in [-0.4, -0.2) is 35.8 Å². The van der Waals surface area contributed by atoms with Crippen LogP contribution in [0.25, 0.3) is 0 Å². The molecule has 1 aliphatic rings. The van der Waals surface area contributed by atoms with Gasteiger partial charge in [0.1, 0.15) is 11.8 Å². The van der Waals surface area contributed by atoms with E-state index in [0.717, 1.165) is 11.1 Å². The number of amides is 3. The highest BCUT2D eigenvalue weighted by atomic mass is 16.5. The normalized spacial score (nSPS) is 15.3. The monoisotopic (exact) mass is 423 g/mol. The number of methoxy groups -OCH3 is 1. The van der Waals surface area contributed by atoms with Crippen LogP contribution in [0.1, 0.15) is 38.3 Å². The van der Waals surface area contributed by atoms with Gasteiger partial charge >= 0.3 is 0 Å². The summed E-state index contributed by atoms with van der Waals surface area (Å²) in [5, 5.41) is 5.61. The highest BCUT2D eigenvalue weighted by Crippen LogP contribution is 2.29. The number of benzene rings is 2. The lowest BCUT2D eigenvalue weighted by atomic mass is 9.92. The van der Waals surface area contributed by atoms with Gasteiger partial charge in [-0.25, -0.2) is 0 Å². The fourth-order valence-corrected chi connectivity index (χ4v) is 3.78. The number of fused-ring (bicyclic) bond motifs is 1. The van der Waals surface area contributed by atoms with Crippen LogP contribution in [0.15, 0.2) is 42.5 Å². The predicted octanol–water partition coefficient (Wildman–Crippen LogP) is 3.59. The van der Waals surface area contributed by atoms with Gasteiger partial charge < -0.3 is 20.3 Å². The number of anilines is 2. The van der Waals surface area contributed by atoms with Gasteiger partial charge in [0.2, 0.25) is 17.7 Å². The molecular formula is C24H29N3O4. The Kier molecular flexibility index (Phi) is 6.95. The van der Waals surface area contributed by atoms with E-state index >= 15 is 0 Å². The second kappa shape index (κ2) is 9.64. The van der Waals surface area contributed by atoms with Crippen molar-refractivity contribution in [3.05, 3.63) is 53.6 Å². The minimum atomic E-state index is -0.604. The number of hydrogen-bond acceptors (Lipinski definition) is 4. The minimum absolute atomic E-state index is 0.0293. The third-order valence-corrected chi connectivity index (χ3v) is 5.23. The zero-order chi connectivity index (χ0) is 22.5. The van der Waals surface area contributed by atoms with Crippen molar-refractivity contribution in [2.75, 3.05) is 17.7 Å². The number of carbonyl (C=O) groups excluding carboxylic acids is 3. The fraction of sp³-hybridized carbons (Fsp3) is 0.375. The Hall–Kier alpha value is -3.35. The number of rotatable bonds is 6. The van der Waals surface area contributed by atoms with Gasteiger partial charge in [0.05, 0.1) is 12.8 Å². The second-order valence-corrected chi connectivity index (χ2v) is 8.19. The summed E-state index contributed by atoms with van der Waals surface area (Å²) in [6.45, 7) is 5.81. The molecule has 1 unspecified atom stereocenters. The van der Waals surface area contributed by atoms with Crippen LogP contribution < -0.4 is 15.4 Å². The molecule has 7 nitrogen and oxygen atoms in total. The van der Waals surface area contributed by atoms with Gasteiger partial charge in [-0.15, -0.1) is 0 Å². The van der Waals surface area contributed by atoms with Crippen LogP contribution in [0.3, 0.4) is 0 Å². The van der Waals surface area contributed by atoms with Gasteiger partial charge in [-0.05, 0) is 35.2 Å². The molecule has 0 saturated carbocycles. The zero-order valence-electron chi connectivity index (χ0n) is 18.4. The summed E-state index contributed by atoms with van der Waals surface area (Å²) in [4.78, 5) is 39.3. The quantitative estimate of drug-likeness (QED) is 0.743. The number of nitrogens with one attached hydrogen (secondary N) is 2. The van der Waals surface area contributed by atoms with E-state index in [2.05, 4.69) is 10.6 Å². The van der Waals surface area contributed by atoms with Gasteiger partial charge in [-0.1, -0.05) is 38.1 Å². The molecule has 0 bridgehead atoms. The van der Waals surface area contributed by atoms with E-state index in [-0.39, 0.29) is 23.6 Å². The first kappa shape index (κ1) is 22.3. The summed E-state index contributed by atoms with van der Waals surface area (Å²) in [6.07, 6.45) is 0.849. The van der Waals surface area contributed by atoms with E-state index < -0.39 is 6.04 Å². The van der Waals surface area contributed by atoms with E-state index in [1.54, 1.807) is 23.1 Å². The van der Waals surface area contributed by atoms with Crippen LogP contribution in [-0.2, 0) is 27.3 Å². The third-order valence-electron chi connectivity index (χ3n) is 5.23. The molecule has 31 heavy (non-hydrogen) atoms. The predicted molar refractivity (Wildman–Crippen MR) is 120 cm³/mol. The molecule has 0 fully saturated rings. The van der Waals surface area contributed by atoms with Crippen molar-refractivity contribution < 1.29 is 19.1 Å². The van der Waals surface area contributed by atoms with Crippen molar-refractivity contribution in [1.29, 1.82) is 0 Å². The topological polar surface area (TPSA) is 87.7 Å². The van der Waals surface area contributed by atoms with Gasteiger partial charge in [-0.3, -0.25) is 14.4 Å². The van der Waals surface area contributed by atoms with Gasteiger partial charge in [0.15, 0.2) is 0 Å². The molecule has 1 aliphatic heterocycles. The first-order valence-electron chi connectivity index (χ1n) is 10.4. The molecule has 164 valence electrons. The fourth-order valence-electron chi connectivity index (χ4n) is 3.78. The molecule has 0 saturated heterocycles. The molecule has 0 aromatic heterocycles. The molecule has 0 spiro atoms. The van der Waals surface area contributed by atoms with Crippen molar-refractivity contribution in [3.63, 3.8) is 0 Å². The molecule has 2 aromatic carbocycles. The van der Waals surface area contributed by atoms with Crippen LogP contribution in [0.2, 0.25) is 0 Å². The number of nitrogens with zero attached hydrogens (tertiary/aromatic N) is 1. The summed E-state index contributed by atoms with van der Waals surface area (Å²) in [5.41, 5.74) is 3.13. The lowest BCUT2D eigenvalue weighted by Gasteiger charge is -2.36. The Bertz CT molecular complexity index is 987. The van der Waals surface area contributed by atoms with Gasteiger partial charge in [0, 0.05) is 32.0 Å². The molecule has 1 heterocycles. The molecule has 0 radical (unpaired) electrons. The molecular weight excluding hydrogens is 394 g/mol. The lowest BCUT2D eigenvalue weighted by molar-refractivity contribution is -0.140. The largest absolute Gasteiger partial charge is 0.495 e. The van der Waals surface area contributed by atoms with Crippen molar-refractivity contribution in [2.24, 2.45) is 5.92 Å². The average molecular weight is 424 g/mol. The highest BCUT2D eigenvalue weighted by Gasteiger charge is 2.34. The molecule has 2 aromatic rings. The Labute approximate surface area is 182 Å². The Balaban J connectivity index is 1.85. The van der Waals surface area contributed by atoms with E-state index in [9.17, 15) is 14.4 Å². The number of carbonyl (C=O) groups is 3. The van der Waals surface area contributed by atoms with Gasteiger partial charge in [0.25, 0.3) is 0 Å². The Morgan fingerprint density at radius 1 is 1.10 bits per heavy atom. The third kappa shape index (κ3) is 5.42. The minimum Gasteiger partial charge on any atom is -0.495 e. The van der Waals surface area contributed by atoms with E-state index in [0.29, 0.717) is 36.5 Å². The SMILES string of the molecule is COc1ccc(NC(=O)C2Cc3ccccc3CN2C(=O)CC(C)C)cc1NC(C)=O. The summed E-state index contributed by atoms with van der Waals surface area (Å²) >= 11 is 0. The maximum Gasteiger partial charge on any atom is 0.247 e. The van der Waals surface area contributed by atoms with Gasteiger partial charge in [-0.2, -0.15) is 0 Å². The van der Waals surface area contributed by atoms with Crippen molar-refractivity contribution in [1.82, 2.24) is 4.90 Å².